The zero-order chi connectivity index (χ0) is 23.8. The van der Waals surface area contributed by atoms with Crippen LogP contribution in [-0.4, -0.2) is 28.8 Å². The molecule has 1 atom stereocenters. The number of hydrogen-bond donors (Lipinski definition) is 1. The maximum atomic E-state index is 13.5. The predicted molar refractivity (Wildman–Crippen MR) is 129 cm³/mol. The molecule has 0 saturated carbocycles. The van der Waals surface area contributed by atoms with Crippen molar-refractivity contribution in [2.24, 2.45) is 0 Å². The van der Waals surface area contributed by atoms with Gasteiger partial charge >= 0.3 is 0 Å². The van der Waals surface area contributed by atoms with Crippen LogP contribution in [0.5, 0.6) is 0 Å². The van der Waals surface area contributed by atoms with Crippen molar-refractivity contribution in [2.45, 2.75) is 45.3 Å². The molecule has 0 heterocycles. The van der Waals surface area contributed by atoms with Gasteiger partial charge in [0.25, 0.3) is 0 Å². The topological polar surface area (TPSA) is 49.4 Å². The molecule has 2 amide bonds. The summed E-state index contributed by atoms with van der Waals surface area (Å²) < 4.78 is 13.5. The summed E-state index contributed by atoms with van der Waals surface area (Å²) in [5, 5.41) is 3.54. The zero-order valence-electron chi connectivity index (χ0n) is 18.8. The van der Waals surface area contributed by atoms with Crippen LogP contribution in [0, 0.1) is 5.82 Å². The van der Waals surface area contributed by atoms with Gasteiger partial charge in [-0.15, -0.1) is 0 Å². The predicted octanol–water partition coefficient (Wildman–Crippen LogP) is 5.19. The smallest absolute Gasteiger partial charge is 0.243 e. The van der Waals surface area contributed by atoms with E-state index in [1.54, 1.807) is 41.3 Å². The van der Waals surface area contributed by atoms with Crippen LogP contribution in [-0.2, 0) is 29.0 Å². The fourth-order valence-electron chi connectivity index (χ4n) is 3.60. The molecule has 3 aromatic rings. The molecule has 6 heteroatoms. The quantitative estimate of drug-likeness (QED) is 0.472. The number of carbonyl (C=O) groups is 2. The molecular weight excluding hydrogens is 439 g/mol. The SMILES string of the molecule is CC(C)NC(=O)[C@@H](Cc1ccccc1)N(Cc1ccc(F)cc1)C(=O)Cc1ccc(Cl)cc1. The van der Waals surface area contributed by atoms with Gasteiger partial charge in [-0.3, -0.25) is 9.59 Å². The molecule has 0 saturated heterocycles. The minimum atomic E-state index is -0.723. The molecule has 1 N–H and O–H groups in total. The molecule has 0 aromatic heterocycles. The monoisotopic (exact) mass is 466 g/mol. The molecule has 0 aliphatic rings. The van der Waals surface area contributed by atoms with E-state index in [-0.39, 0.29) is 36.6 Å². The molecule has 4 nitrogen and oxygen atoms in total. The van der Waals surface area contributed by atoms with Crippen LogP contribution in [0.4, 0.5) is 4.39 Å². The Hall–Kier alpha value is -3.18. The van der Waals surface area contributed by atoms with Gasteiger partial charge in [0.05, 0.1) is 6.42 Å². The van der Waals surface area contributed by atoms with E-state index >= 15 is 0 Å². The highest BCUT2D eigenvalue weighted by Crippen LogP contribution is 2.18. The molecule has 0 aliphatic heterocycles. The Bertz CT molecular complexity index is 1050. The molecule has 3 aromatic carbocycles. The summed E-state index contributed by atoms with van der Waals surface area (Å²) in [5.74, 6) is -0.766. The highest BCUT2D eigenvalue weighted by Gasteiger charge is 2.30. The van der Waals surface area contributed by atoms with Gasteiger partial charge in [-0.1, -0.05) is 66.2 Å². The molecule has 0 radical (unpaired) electrons. The highest BCUT2D eigenvalue weighted by molar-refractivity contribution is 6.30. The number of hydrogen-bond acceptors (Lipinski definition) is 2. The van der Waals surface area contributed by atoms with E-state index < -0.39 is 6.04 Å². The third kappa shape index (κ3) is 7.43. The Labute approximate surface area is 199 Å². The lowest BCUT2D eigenvalue weighted by Crippen LogP contribution is -2.52. The van der Waals surface area contributed by atoms with Crippen molar-refractivity contribution in [1.82, 2.24) is 10.2 Å². The first-order valence-electron chi connectivity index (χ1n) is 10.9. The van der Waals surface area contributed by atoms with Crippen molar-refractivity contribution < 1.29 is 14.0 Å². The maximum Gasteiger partial charge on any atom is 0.243 e. The number of carbonyl (C=O) groups excluding carboxylic acids is 2. The third-order valence-electron chi connectivity index (χ3n) is 5.24. The highest BCUT2D eigenvalue weighted by atomic mass is 35.5. The lowest BCUT2D eigenvalue weighted by atomic mass is 10.0. The lowest BCUT2D eigenvalue weighted by molar-refractivity contribution is -0.141. The van der Waals surface area contributed by atoms with Crippen LogP contribution < -0.4 is 5.32 Å². The number of halogens is 2. The molecule has 0 bridgehead atoms. The first-order chi connectivity index (χ1) is 15.8. The van der Waals surface area contributed by atoms with Gasteiger partial charge in [-0.2, -0.15) is 0 Å². The summed E-state index contributed by atoms with van der Waals surface area (Å²) in [4.78, 5) is 28.4. The summed E-state index contributed by atoms with van der Waals surface area (Å²) in [6.45, 7) is 3.96. The third-order valence-corrected chi connectivity index (χ3v) is 5.49. The van der Waals surface area contributed by atoms with E-state index in [0.717, 1.165) is 16.7 Å². The van der Waals surface area contributed by atoms with Crippen molar-refractivity contribution >= 4 is 23.4 Å². The van der Waals surface area contributed by atoms with Crippen LogP contribution in [0.25, 0.3) is 0 Å². The van der Waals surface area contributed by atoms with Crippen LogP contribution in [0.15, 0.2) is 78.9 Å². The Morgan fingerprint density at radius 1 is 0.879 bits per heavy atom. The second-order valence-electron chi connectivity index (χ2n) is 8.32. The molecule has 0 fully saturated rings. The Morgan fingerprint density at radius 2 is 1.48 bits per heavy atom. The fraction of sp³-hybridized carbons (Fsp3) is 0.259. The fourth-order valence-corrected chi connectivity index (χ4v) is 3.73. The minimum Gasteiger partial charge on any atom is -0.352 e. The van der Waals surface area contributed by atoms with E-state index in [4.69, 9.17) is 11.6 Å². The van der Waals surface area contributed by atoms with Crippen molar-refractivity contribution in [3.05, 3.63) is 106 Å². The molecule has 33 heavy (non-hydrogen) atoms. The van der Waals surface area contributed by atoms with Gasteiger partial charge in [0, 0.05) is 24.0 Å². The van der Waals surface area contributed by atoms with Gasteiger partial charge in [0.15, 0.2) is 0 Å². The summed E-state index contributed by atoms with van der Waals surface area (Å²) in [6, 6.07) is 21.9. The largest absolute Gasteiger partial charge is 0.352 e. The second kappa shape index (κ2) is 11.6. The van der Waals surface area contributed by atoms with Crippen LogP contribution in [0.3, 0.4) is 0 Å². The molecular formula is C27H28ClFN2O2. The van der Waals surface area contributed by atoms with E-state index in [9.17, 15) is 14.0 Å². The van der Waals surface area contributed by atoms with Crippen molar-refractivity contribution in [3.63, 3.8) is 0 Å². The standard InChI is InChI=1S/C27H28ClFN2O2/c1-19(2)30-27(33)25(16-20-6-4-3-5-7-20)31(18-22-10-14-24(29)15-11-22)26(32)17-21-8-12-23(28)13-9-21/h3-15,19,25H,16-18H2,1-2H3,(H,30,33)/t25-/m1/s1. The average molecular weight is 467 g/mol. The van der Waals surface area contributed by atoms with Crippen molar-refractivity contribution in [1.29, 1.82) is 0 Å². The average Bonchev–Trinajstić information content (AvgIpc) is 2.79. The first-order valence-corrected chi connectivity index (χ1v) is 11.3. The molecule has 0 unspecified atom stereocenters. The van der Waals surface area contributed by atoms with E-state index in [1.807, 2.05) is 44.2 Å². The number of nitrogens with zero attached hydrogens (tertiary/aromatic N) is 1. The van der Waals surface area contributed by atoms with Crippen molar-refractivity contribution in [3.8, 4) is 0 Å². The summed E-state index contributed by atoms with van der Waals surface area (Å²) >= 11 is 5.98. The summed E-state index contributed by atoms with van der Waals surface area (Å²) in [6.07, 6.45) is 0.492. The second-order valence-corrected chi connectivity index (χ2v) is 8.76. The van der Waals surface area contributed by atoms with E-state index in [1.165, 1.54) is 12.1 Å². The number of nitrogens with one attached hydrogen (secondary N) is 1. The number of rotatable bonds is 9. The van der Waals surface area contributed by atoms with Gasteiger partial charge in [-0.05, 0) is 54.8 Å². The van der Waals surface area contributed by atoms with Crippen LogP contribution in [0.1, 0.15) is 30.5 Å². The maximum absolute atomic E-state index is 13.5. The Balaban J connectivity index is 1.95. The normalized spacial score (nSPS) is 11.8. The van der Waals surface area contributed by atoms with Gasteiger partial charge < -0.3 is 10.2 Å². The van der Waals surface area contributed by atoms with E-state index in [0.29, 0.717) is 11.4 Å². The lowest BCUT2D eigenvalue weighted by Gasteiger charge is -2.32. The summed E-state index contributed by atoms with van der Waals surface area (Å²) in [5.41, 5.74) is 2.50. The van der Waals surface area contributed by atoms with Crippen LogP contribution >= 0.6 is 11.6 Å². The Kier molecular flexibility index (Phi) is 8.61. The molecule has 3 rings (SSSR count). The minimum absolute atomic E-state index is 0.0742. The zero-order valence-corrected chi connectivity index (χ0v) is 19.6. The first kappa shape index (κ1) is 24.5. The van der Waals surface area contributed by atoms with Gasteiger partial charge in [-0.25, -0.2) is 4.39 Å². The number of benzene rings is 3. The molecule has 0 spiro atoms. The van der Waals surface area contributed by atoms with Gasteiger partial charge in [0.2, 0.25) is 11.8 Å². The summed E-state index contributed by atoms with van der Waals surface area (Å²) in [7, 11) is 0. The Morgan fingerprint density at radius 3 is 2.09 bits per heavy atom. The van der Waals surface area contributed by atoms with Crippen molar-refractivity contribution in [2.75, 3.05) is 0 Å². The number of amides is 2. The molecule has 172 valence electrons. The van der Waals surface area contributed by atoms with Crippen LogP contribution in [0.2, 0.25) is 5.02 Å². The van der Waals surface area contributed by atoms with Gasteiger partial charge in [0.1, 0.15) is 11.9 Å². The van der Waals surface area contributed by atoms with E-state index in [2.05, 4.69) is 5.32 Å². The molecule has 0 aliphatic carbocycles.